The zero-order valence-corrected chi connectivity index (χ0v) is 57.6. The van der Waals surface area contributed by atoms with E-state index in [2.05, 4.69) is 373 Å². The van der Waals surface area contributed by atoms with Crippen LogP contribution >= 0.6 is 0 Å². The van der Waals surface area contributed by atoms with E-state index in [4.69, 9.17) is 0 Å². The lowest BCUT2D eigenvalue weighted by molar-refractivity contribution is 0.195. The van der Waals surface area contributed by atoms with Gasteiger partial charge in [0.15, 0.2) is 16.1 Å². The molecule has 6 heteroatoms. The molecule has 0 aromatic heterocycles. The zero-order valence-electron chi connectivity index (χ0n) is 55.6. The molecule has 1 fully saturated rings. The van der Waals surface area contributed by atoms with E-state index < -0.39 is 16.1 Å². The monoisotopic (exact) mass is 1250 g/mol. The lowest BCUT2D eigenvalue weighted by Gasteiger charge is -2.53. The molecule has 3 nitrogen and oxygen atoms in total. The Kier molecular flexibility index (Phi) is 14.3. The molecule has 1 aliphatic carbocycles. The fourth-order valence-electron chi connectivity index (χ4n) is 17.5. The van der Waals surface area contributed by atoms with Crippen LogP contribution in [0.5, 0.6) is 0 Å². The van der Waals surface area contributed by atoms with Crippen molar-refractivity contribution in [3.8, 4) is 0 Å². The first kappa shape index (κ1) is 59.5. The normalized spacial score (nSPS) is 17.2. The molecule has 0 spiro atoms. The average Bonchev–Trinajstić information content (AvgIpc) is 1.44. The first-order valence-corrected chi connectivity index (χ1v) is 38.2. The largest absolute Gasteiger partial charge is 0.335 e. The van der Waals surface area contributed by atoms with Crippen molar-refractivity contribution < 1.29 is 0 Å². The average molecular weight is 1250 g/mol. The maximum Gasteiger partial charge on any atom is 0.252 e. The Labute approximate surface area is 560 Å². The summed E-state index contributed by atoms with van der Waals surface area (Å²) in [6, 6.07) is 117. The summed E-state index contributed by atoms with van der Waals surface area (Å²) < 4.78 is 0. The van der Waals surface area contributed by atoms with Crippen LogP contribution in [0.4, 0.5) is 45.5 Å². The van der Waals surface area contributed by atoms with Crippen LogP contribution in [0.15, 0.2) is 303 Å². The Bertz CT molecular complexity index is 4420. The van der Waals surface area contributed by atoms with Gasteiger partial charge in [-0.1, -0.05) is 310 Å². The number of anilines is 8. The molecule has 16 rings (SSSR count). The van der Waals surface area contributed by atoms with Crippen molar-refractivity contribution >= 4 is 126 Å². The minimum absolute atomic E-state index is 0.00905. The highest BCUT2D eigenvalue weighted by atomic mass is 28.3. The van der Waals surface area contributed by atoms with Crippen molar-refractivity contribution in [1.82, 2.24) is 0 Å². The van der Waals surface area contributed by atoms with Gasteiger partial charge in [-0.05, 0) is 160 Å². The van der Waals surface area contributed by atoms with Crippen molar-refractivity contribution in [1.29, 1.82) is 0 Å². The number of hydrogen-bond donors (Lipinski definition) is 0. The summed E-state index contributed by atoms with van der Waals surface area (Å²) in [7, 11) is -5.79. The van der Waals surface area contributed by atoms with Gasteiger partial charge in [0, 0.05) is 45.2 Å². The van der Waals surface area contributed by atoms with Crippen LogP contribution in [0, 0.1) is 0 Å². The Balaban J connectivity index is 0.997. The van der Waals surface area contributed by atoms with Crippen molar-refractivity contribution in [2.75, 3.05) is 14.7 Å². The molecule has 0 amide bonds. The van der Waals surface area contributed by atoms with Gasteiger partial charge >= 0.3 is 0 Å². The van der Waals surface area contributed by atoms with Gasteiger partial charge < -0.3 is 14.7 Å². The summed E-state index contributed by atoms with van der Waals surface area (Å²) in [5, 5.41) is 10.8. The van der Waals surface area contributed by atoms with Crippen molar-refractivity contribution in [3.63, 3.8) is 0 Å². The van der Waals surface area contributed by atoms with Crippen LogP contribution in [-0.4, -0.2) is 28.4 Å². The smallest absolute Gasteiger partial charge is 0.252 e. The summed E-state index contributed by atoms with van der Waals surface area (Å²) in [5.41, 5.74) is 17.7. The molecule has 2 unspecified atom stereocenters. The van der Waals surface area contributed by atoms with Gasteiger partial charge in [0.25, 0.3) is 6.71 Å². The molecular weight excluding hydrogens is 1170 g/mol. The molecule has 94 heavy (non-hydrogen) atoms. The van der Waals surface area contributed by atoms with Crippen LogP contribution < -0.4 is 72.6 Å². The van der Waals surface area contributed by atoms with Gasteiger partial charge in [-0.2, -0.15) is 0 Å². The molecule has 12 aromatic carbocycles. The molecule has 0 bridgehead atoms. The highest BCUT2D eigenvalue weighted by molar-refractivity contribution is 7.20. The van der Waals surface area contributed by atoms with Crippen LogP contribution in [0.25, 0.3) is 0 Å². The number of nitrogens with zero attached hydrogens (tertiary/aromatic N) is 3. The summed E-state index contributed by atoms with van der Waals surface area (Å²) in [6.45, 7) is 19.4. The van der Waals surface area contributed by atoms with Crippen molar-refractivity contribution in [2.45, 2.75) is 103 Å². The van der Waals surface area contributed by atoms with Crippen molar-refractivity contribution in [3.05, 3.63) is 320 Å². The summed E-state index contributed by atoms with van der Waals surface area (Å²) in [4.78, 5) is 8.18. The molecule has 1 saturated carbocycles. The Morgan fingerprint density at radius 2 is 0.777 bits per heavy atom. The predicted molar refractivity (Wildman–Crippen MR) is 408 cm³/mol. The van der Waals surface area contributed by atoms with E-state index in [1.54, 1.807) is 0 Å². The maximum absolute atomic E-state index is 2.90. The van der Waals surface area contributed by atoms with E-state index in [1.807, 2.05) is 0 Å². The van der Waals surface area contributed by atoms with Crippen LogP contribution in [-0.2, 0) is 16.2 Å². The fourth-order valence-corrected chi connectivity index (χ4v) is 27.0. The third-order valence-corrected chi connectivity index (χ3v) is 32.0. The van der Waals surface area contributed by atoms with Gasteiger partial charge in [-0.3, -0.25) is 0 Å². The van der Waals surface area contributed by atoms with Crippen LogP contribution in [0.1, 0.15) is 97.8 Å². The predicted octanol–water partition coefficient (Wildman–Crippen LogP) is 14.9. The van der Waals surface area contributed by atoms with Crippen LogP contribution in [0.2, 0.25) is 0 Å². The Morgan fingerprint density at radius 3 is 1.23 bits per heavy atom. The molecule has 2 atom stereocenters. The van der Waals surface area contributed by atoms with Gasteiger partial charge in [-0.15, -0.1) is 0 Å². The van der Waals surface area contributed by atoms with E-state index in [1.165, 1.54) is 116 Å². The van der Waals surface area contributed by atoms with Gasteiger partial charge in [0.2, 0.25) is 0 Å². The molecule has 3 heterocycles. The Hall–Kier alpha value is -9.46. The molecule has 3 aliphatic heterocycles. The molecule has 0 saturated heterocycles. The van der Waals surface area contributed by atoms with E-state index in [0.29, 0.717) is 0 Å². The maximum atomic E-state index is 2.90. The van der Waals surface area contributed by atoms with Gasteiger partial charge in [0.1, 0.15) is 0 Å². The standard InChI is InChI=1S/C88H82BN3Si2/c1-85(2,3)63-31-29-32-67(59-63)91-80-60-64(86(4,5)6)47-56-78(80)89-79-46-30-45-77-84(79)92(88(8)58-28-27-57-87(77,88)7)82-62-68(61-81(91)83(82)89)90(65-48-52-75(53-49-65)93(69-33-15-9-16-34-69,70-35-17-10-18-36-70)71-37-19-11-20-38-71)66-50-54-76(55-51-66)94(72-39-21-12-22-40-72,73-41-23-13-24-42-73)74-43-25-14-26-44-74/h9-26,29-56,59-62H,27-28,57-58H2,1-8H3. The number of rotatable bonds is 12. The molecule has 4 aliphatic rings. The molecule has 0 radical (unpaired) electrons. The van der Waals surface area contributed by atoms with E-state index in [9.17, 15) is 0 Å². The third-order valence-electron chi connectivity index (χ3n) is 22.4. The lowest BCUT2D eigenvalue weighted by atomic mass is 9.33. The molecule has 12 aromatic rings. The number of para-hydroxylation sites is 1. The second kappa shape index (κ2) is 22.6. The topological polar surface area (TPSA) is 9.72 Å². The molecule has 0 N–H and O–H groups in total. The number of fused-ring (bicyclic) bond motifs is 7. The first-order valence-electron chi connectivity index (χ1n) is 34.2. The SMILES string of the molecule is CC(C)(C)c1cccc(N2c3cc(C(C)(C)C)ccc3B3c4cccc5c4N(c4cc(N(c6ccc([Si](c7ccccc7)(c7ccccc7)c7ccccc7)cc6)c6ccc([Si](c7ccccc7)(c7ccccc7)c7ccccc7)cc6)cc2c43)C2(C)CCCCC52C)c1. The van der Waals surface area contributed by atoms with E-state index in [0.717, 1.165) is 29.9 Å². The highest BCUT2D eigenvalue weighted by Crippen LogP contribution is 2.62. The number of benzene rings is 12. The van der Waals surface area contributed by atoms with E-state index in [-0.39, 0.29) is 28.5 Å². The zero-order chi connectivity index (χ0) is 64.2. The van der Waals surface area contributed by atoms with Gasteiger partial charge in [0.05, 0.1) is 11.2 Å². The highest BCUT2D eigenvalue weighted by Gasteiger charge is 2.61. The van der Waals surface area contributed by atoms with Crippen molar-refractivity contribution in [2.24, 2.45) is 0 Å². The second-order valence-corrected chi connectivity index (χ2v) is 37.1. The fraction of sp³-hybridized carbons (Fsp3) is 0.182. The minimum atomic E-state index is -2.89. The second-order valence-electron chi connectivity index (χ2n) is 29.5. The summed E-state index contributed by atoms with van der Waals surface area (Å²) in [5.74, 6) is 0. The van der Waals surface area contributed by atoms with E-state index >= 15 is 0 Å². The first-order chi connectivity index (χ1) is 45.6. The van der Waals surface area contributed by atoms with Crippen LogP contribution in [0.3, 0.4) is 0 Å². The quantitative estimate of drug-likeness (QED) is 0.0892. The summed E-state index contributed by atoms with van der Waals surface area (Å²) in [6.07, 6.45) is 4.70. The lowest BCUT2D eigenvalue weighted by Crippen LogP contribution is -2.74. The molecular formula is C88H82BN3Si2. The number of hydrogen-bond acceptors (Lipinski definition) is 3. The summed E-state index contributed by atoms with van der Waals surface area (Å²) >= 11 is 0. The third kappa shape index (κ3) is 9.10. The minimum Gasteiger partial charge on any atom is -0.335 e. The Morgan fingerprint density at radius 1 is 0.362 bits per heavy atom. The molecule has 460 valence electrons. The van der Waals surface area contributed by atoms with Gasteiger partial charge in [-0.25, -0.2) is 0 Å².